The molecule has 1 amide bonds. The third-order valence-electron chi connectivity index (χ3n) is 1.01. The summed E-state index contributed by atoms with van der Waals surface area (Å²) in [6.07, 6.45) is 1.69. The fraction of sp³-hybridized carbons (Fsp3) is 0. The molecule has 0 saturated carbocycles. The Morgan fingerprint density at radius 2 is 2.36 bits per heavy atom. The number of carboxylic acid groups (broad SMARTS) is 1. The van der Waals surface area contributed by atoms with Crippen LogP contribution in [0.2, 0.25) is 0 Å². The lowest BCUT2D eigenvalue weighted by Gasteiger charge is -1.99. The Balaban J connectivity index is 2.79. The van der Waals surface area contributed by atoms with E-state index in [9.17, 15) is 4.79 Å². The zero-order chi connectivity index (χ0) is 8.27. The van der Waals surface area contributed by atoms with Crippen LogP contribution < -0.4 is 11.1 Å². The van der Waals surface area contributed by atoms with Gasteiger partial charge in [0.2, 0.25) is 0 Å². The van der Waals surface area contributed by atoms with Crippen LogP contribution >= 0.6 is 0 Å². The van der Waals surface area contributed by atoms with E-state index < -0.39 is 6.09 Å². The Kier molecular flexibility index (Phi) is 1.91. The maximum Gasteiger partial charge on any atom is 0.409 e. The van der Waals surface area contributed by atoms with E-state index in [1.807, 2.05) is 0 Å². The maximum absolute atomic E-state index is 10.1. The summed E-state index contributed by atoms with van der Waals surface area (Å²) in [5.74, 6) is 0. The molecule has 0 aliphatic carbocycles. The lowest BCUT2D eigenvalue weighted by atomic mass is 10.4. The number of hydrogen-bond donors (Lipinski definition) is 3. The van der Waals surface area contributed by atoms with Gasteiger partial charge in [0.25, 0.3) is 0 Å². The SMILES string of the molecule is Nc1cncc(NC(=O)O)c1. The van der Waals surface area contributed by atoms with Gasteiger partial charge in [0.1, 0.15) is 0 Å². The summed E-state index contributed by atoms with van der Waals surface area (Å²) in [7, 11) is 0. The number of pyridine rings is 1. The second kappa shape index (κ2) is 2.87. The van der Waals surface area contributed by atoms with Gasteiger partial charge in [-0.25, -0.2) is 4.79 Å². The zero-order valence-corrected chi connectivity index (χ0v) is 5.61. The first-order chi connectivity index (χ1) is 5.18. The average molecular weight is 153 g/mol. The van der Waals surface area contributed by atoms with Crippen LogP contribution in [0.1, 0.15) is 0 Å². The molecule has 0 bridgehead atoms. The van der Waals surface area contributed by atoms with Crippen molar-refractivity contribution in [2.45, 2.75) is 0 Å². The van der Waals surface area contributed by atoms with Crippen molar-refractivity contribution in [3.8, 4) is 0 Å². The van der Waals surface area contributed by atoms with E-state index >= 15 is 0 Å². The van der Waals surface area contributed by atoms with Crippen molar-refractivity contribution in [3.05, 3.63) is 18.5 Å². The highest BCUT2D eigenvalue weighted by Crippen LogP contribution is 2.08. The van der Waals surface area contributed by atoms with Crippen molar-refractivity contribution in [2.24, 2.45) is 0 Å². The number of anilines is 2. The third kappa shape index (κ3) is 2.13. The van der Waals surface area contributed by atoms with E-state index in [2.05, 4.69) is 10.3 Å². The topological polar surface area (TPSA) is 88.2 Å². The van der Waals surface area contributed by atoms with Gasteiger partial charge in [-0.3, -0.25) is 10.3 Å². The highest BCUT2D eigenvalue weighted by atomic mass is 16.4. The summed E-state index contributed by atoms with van der Waals surface area (Å²) < 4.78 is 0. The normalized spacial score (nSPS) is 9.09. The van der Waals surface area contributed by atoms with E-state index in [1.165, 1.54) is 18.5 Å². The largest absolute Gasteiger partial charge is 0.465 e. The molecule has 4 N–H and O–H groups in total. The highest BCUT2D eigenvalue weighted by molar-refractivity contribution is 5.83. The Morgan fingerprint density at radius 3 is 2.91 bits per heavy atom. The molecule has 0 radical (unpaired) electrons. The van der Waals surface area contributed by atoms with Gasteiger partial charge in [-0.1, -0.05) is 0 Å². The number of nitrogen functional groups attached to an aromatic ring is 1. The van der Waals surface area contributed by atoms with Crippen molar-refractivity contribution >= 4 is 17.5 Å². The van der Waals surface area contributed by atoms with Crippen molar-refractivity contribution in [1.82, 2.24) is 4.98 Å². The number of hydrogen-bond acceptors (Lipinski definition) is 3. The summed E-state index contributed by atoms with van der Waals surface area (Å²) in [5, 5.41) is 10.4. The number of nitrogens with two attached hydrogens (primary N) is 1. The first-order valence-corrected chi connectivity index (χ1v) is 2.89. The molecule has 5 heteroatoms. The summed E-state index contributed by atoms with van der Waals surface area (Å²) in [4.78, 5) is 13.8. The van der Waals surface area contributed by atoms with Crippen LogP contribution in [-0.4, -0.2) is 16.2 Å². The molecular formula is C6H7N3O2. The summed E-state index contributed by atoms with van der Waals surface area (Å²) in [5.41, 5.74) is 6.14. The number of nitrogens with one attached hydrogen (secondary N) is 1. The minimum atomic E-state index is -1.13. The lowest BCUT2D eigenvalue weighted by Crippen LogP contribution is -2.07. The van der Waals surface area contributed by atoms with Gasteiger partial charge < -0.3 is 10.8 Å². The van der Waals surface area contributed by atoms with Crippen LogP contribution in [0.5, 0.6) is 0 Å². The Bertz CT molecular complexity index is 274. The molecule has 1 aromatic rings. The molecule has 1 aromatic heterocycles. The van der Waals surface area contributed by atoms with Crippen LogP contribution in [-0.2, 0) is 0 Å². The van der Waals surface area contributed by atoms with Gasteiger partial charge in [0.05, 0.1) is 17.6 Å². The fourth-order valence-electron chi connectivity index (χ4n) is 0.650. The number of rotatable bonds is 1. The minimum Gasteiger partial charge on any atom is -0.465 e. The predicted molar refractivity (Wildman–Crippen MR) is 40.3 cm³/mol. The zero-order valence-electron chi connectivity index (χ0n) is 5.61. The molecule has 0 unspecified atom stereocenters. The molecule has 1 heterocycles. The molecular weight excluding hydrogens is 146 g/mol. The predicted octanol–water partition coefficient (Wildman–Crippen LogP) is 0.754. The van der Waals surface area contributed by atoms with Crippen molar-refractivity contribution in [1.29, 1.82) is 0 Å². The van der Waals surface area contributed by atoms with Gasteiger partial charge >= 0.3 is 6.09 Å². The van der Waals surface area contributed by atoms with E-state index in [0.717, 1.165) is 0 Å². The van der Waals surface area contributed by atoms with Crippen molar-refractivity contribution < 1.29 is 9.90 Å². The summed E-state index contributed by atoms with van der Waals surface area (Å²) >= 11 is 0. The van der Waals surface area contributed by atoms with E-state index in [4.69, 9.17) is 10.8 Å². The monoisotopic (exact) mass is 153 g/mol. The van der Waals surface area contributed by atoms with Crippen LogP contribution in [0.15, 0.2) is 18.5 Å². The molecule has 0 fully saturated rings. The number of aromatic nitrogens is 1. The molecule has 1 rings (SSSR count). The number of carbonyl (C=O) groups is 1. The average Bonchev–Trinajstić information content (AvgIpc) is 1.85. The second-order valence-corrected chi connectivity index (χ2v) is 1.94. The summed E-state index contributed by atoms with van der Waals surface area (Å²) in [6.45, 7) is 0. The van der Waals surface area contributed by atoms with Gasteiger partial charge in [-0.2, -0.15) is 0 Å². The fourth-order valence-corrected chi connectivity index (χ4v) is 0.650. The Labute approximate surface area is 62.9 Å². The summed E-state index contributed by atoms with van der Waals surface area (Å²) in [6, 6.07) is 1.49. The van der Waals surface area contributed by atoms with Gasteiger partial charge in [0, 0.05) is 6.20 Å². The van der Waals surface area contributed by atoms with Gasteiger partial charge in [0.15, 0.2) is 0 Å². The van der Waals surface area contributed by atoms with Crippen molar-refractivity contribution in [3.63, 3.8) is 0 Å². The highest BCUT2D eigenvalue weighted by Gasteiger charge is 1.96. The Hall–Kier alpha value is -1.78. The van der Waals surface area contributed by atoms with Crippen LogP contribution in [0.25, 0.3) is 0 Å². The van der Waals surface area contributed by atoms with E-state index in [-0.39, 0.29) is 0 Å². The maximum atomic E-state index is 10.1. The number of nitrogens with zero attached hydrogens (tertiary/aromatic N) is 1. The first-order valence-electron chi connectivity index (χ1n) is 2.89. The smallest absolute Gasteiger partial charge is 0.409 e. The lowest BCUT2D eigenvalue weighted by molar-refractivity contribution is 0.209. The number of amides is 1. The van der Waals surface area contributed by atoms with Crippen LogP contribution in [0.3, 0.4) is 0 Å². The molecule has 0 aromatic carbocycles. The van der Waals surface area contributed by atoms with Crippen molar-refractivity contribution in [2.75, 3.05) is 11.1 Å². The van der Waals surface area contributed by atoms with Gasteiger partial charge in [-0.05, 0) is 6.07 Å². The molecule has 0 aliphatic rings. The minimum absolute atomic E-state index is 0.373. The molecule has 0 saturated heterocycles. The second-order valence-electron chi connectivity index (χ2n) is 1.94. The molecule has 0 aliphatic heterocycles. The third-order valence-corrected chi connectivity index (χ3v) is 1.01. The quantitative estimate of drug-likeness (QED) is 0.555. The van der Waals surface area contributed by atoms with Gasteiger partial charge in [-0.15, -0.1) is 0 Å². The first kappa shape index (κ1) is 7.33. The standard InChI is InChI=1S/C6H7N3O2/c7-4-1-5(3-8-2-4)9-6(10)11/h1-3,9H,7H2,(H,10,11). The molecule has 5 nitrogen and oxygen atoms in total. The van der Waals surface area contributed by atoms with Crippen LogP contribution in [0.4, 0.5) is 16.2 Å². The molecule has 58 valence electrons. The molecule has 0 spiro atoms. The van der Waals surface area contributed by atoms with E-state index in [0.29, 0.717) is 11.4 Å². The molecule has 0 atom stereocenters. The van der Waals surface area contributed by atoms with Crippen LogP contribution in [0, 0.1) is 0 Å². The van der Waals surface area contributed by atoms with E-state index in [1.54, 1.807) is 0 Å². The molecule has 11 heavy (non-hydrogen) atoms. The Morgan fingerprint density at radius 1 is 1.64 bits per heavy atom.